The quantitative estimate of drug-likeness (QED) is 0.728. The van der Waals surface area contributed by atoms with Gasteiger partial charge in [-0.2, -0.15) is 0 Å². The highest BCUT2D eigenvalue weighted by Gasteiger charge is 2.24. The molecule has 2 atom stereocenters. The zero-order valence-corrected chi connectivity index (χ0v) is 11.3. The summed E-state index contributed by atoms with van der Waals surface area (Å²) in [5.74, 6) is 0. The molecular weight excluding hydrogens is 214 g/mol. The van der Waals surface area contributed by atoms with Gasteiger partial charge in [-0.15, -0.1) is 0 Å². The van der Waals surface area contributed by atoms with Gasteiger partial charge in [0.25, 0.3) is 0 Å². The van der Waals surface area contributed by atoms with Crippen molar-refractivity contribution >= 4 is 0 Å². The third-order valence-electron chi connectivity index (χ3n) is 4.04. The molecule has 2 unspecified atom stereocenters. The van der Waals surface area contributed by atoms with Gasteiger partial charge in [-0.05, 0) is 39.4 Å². The molecule has 2 aliphatic heterocycles. The molecule has 0 aromatic rings. The molecule has 2 aliphatic rings. The Labute approximate surface area is 105 Å². The van der Waals surface area contributed by atoms with Crippen molar-refractivity contribution in [3.63, 3.8) is 0 Å². The van der Waals surface area contributed by atoms with Crippen molar-refractivity contribution < 1.29 is 4.74 Å². The van der Waals surface area contributed by atoms with Crippen LogP contribution in [0.5, 0.6) is 0 Å². The van der Waals surface area contributed by atoms with Gasteiger partial charge in [0.05, 0.1) is 6.10 Å². The Hall–Kier alpha value is -0.160. The summed E-state index contributed by atoms with van der Waals surface area (Å²) in [6.45, 7) is 7.20. The van der Waals surface area contributed by atoms with Crippen molar-refractivity contribution in [2.75, 3.05) is 53.4 Å². The summed E-state index contributed by atoms with van der Waals surface area (Å²) in [7, 11) is 4.05. The molecule has 2 heterocycles. The van der Waals surface area contributed by atoms with Crippen LogP contribution in [-0.4, -0.2) is 75.4 Å². The average Bonchev–Trinajstić information content (AvgIpc) is 2.97. The normalized spacial score (nSPS) is 30.5. The molecule has 0 spiro atoms. The van der Waals surface area contributed by atoms with E-state index in [0.29, 0.717) is 12.1 Å². The van der Waals surface area contributed by atoms with Gasteiger partial charge in [0.15, 0.2) is 0 Å². The van der Waals surface area contributed by atoms with Crippen LogP contribution in [0.3, 0.4) is 0 Å². The Bertz CT molecular complexity index is 219. The molecule has 0 amide bonds. The first-order valence-electron chi connectivity index (χ1n) is 6.95. The van der Waals surface area contributed by atoms with Gasteiger partial charge in [-0.3, -0.25) is 0 Å². The number of hydrogen-bond acceptors (Lipinski definition) is 4. The Kier molecular flexibility index (Phi) is 5.22. The fourth-order valence-corrected chi connectivity index (χ4v) is 2.89. The Balaban J connectivity index is 1.58. The van der Waals surface area contributed by atoms with E-state index in [9.17, 15) is 0 Å². The molecule has 0 aromatic heterocycles. The van der Waals surface area contributed by atoms with Crippen LogP contribution in [0.15, 0.2) is 0 Å². The topological polar surface area (TPSA) is 27.7 Å². The lowest BCUT2D eigenvalue weighted by atomic mass is 10.2. The van der Waals surface area contributed by atoms with Crippen molar-refractivity contribution in [3.8, 4) is 0 Å². The van der Waals surface area contributed by atoms with E-state index in [-0.39, 0.29) is 0 Å². The lowest BCUT2D eigenvalue weighted by molar-refractivity contribution is 0.116. The van der Waals surface area contributed by atoms with E-state index in [2.05, 4.69) is 22.2 Å². The fraction of sp³-hybridized carbons (Fsp3) is 1.00. The summed E-state index contributed by atoms with van der Waals surface area (Å²) in [5, 5.41) is 3.54. The van der Waals surface area contributed by atoms with Crippen LogP contribution in [0.25, 0.3) is 0 Å². The monoisotopic (exact) mass is 241 g/mol. The first-order chi connectivity index (χ1) is 8.28. The maximum Gasteiger partial charge on any atom is 0.0711 e. The third-order valence-corrected chi connectivity index (χ3v) is 4.04. The smallest absolute Gasteiger partial charge is 0.0711 e. The van der Waals surface area contributed by atoms with Gasteiger partial charge in [-0.25, -0.2) is 0 Å². The van der Waals surface area contributed by atoms with Gasteiger partial charge in [0, 0.05) is 39.3 Å². The second kappa shape index (κ2) is 6.69. The molecule has 2 fully saturated rings. The minimum Gasteiger partial charge on any atom is -0.380 e. The van der Waals surface area contributed by atoms with Crippen molar-refractivity contribution in [2.24, 2.45) is 0 Å². The number of nitrogens with zero attached hydrogens (tertiary/aromatic N) is 2. The molecule has 4 heteroatoms. The van der Waals surface area contributed by atoms with Crippen LogP contribution in [0.4, 0.5) is 0 Å². The Morgan fingerprint density at radius 1 is 1.35 bits per heavy atom. The predicted molar refractivity (Wildman–Crippen MR) is 70.4 cm³/mol. The van der Waals surface area contributed by atoms with Crippen LogP contribution in [-0.2, 0) is 4.74 Å². The van der Waals surface area contributed by atoms with Gasteiger partial charge in [0.1, 0.15) is 0 Å². The SMILES string of the molecule is COC1CNC(CN(C)CCN2CCCC2)C1. The highest BCUT2D eigenvalue weighted by atomic mass is 16.5. The molecule has 0 saturated carbocycles. The molecule has 1 N–H and O–H groups in total. The highest BCUT2D eigenvalue weighted by molar-refractivity contribution is 4.84. The van der Waals surface area contributed by atoms with Crippen LogP contribution in [0, 0.1) is 0 Å². The van der Waals surface area contributed by atoms with E-state index in [4.69, 9.17) is 4.74 Å². The van der Waals surface area contributed by atoms with E-state index < -0.39 is 0 Å². The minimum absolute atomic E-state index is 0.423. The highest BCUT2D eigenvalue weighted by Crippen LogP contribution is 2.11. The zero-order chi connectivity index (χ0) is 12.1. The fourth-order valence-electron chi connectivity index (χ4n) is 2.89. The van der Waals surface area contributed by atoms with E-state index in [1.165, 1.54) is 39.0 Å². The second-order valence-electron chi connectivity index (χ2n) is 5.51. The van der Waals surface area contributed by atoms with Crippen molar-refractivity contribution in [3.05, 3.63) is 0 Å². The Morgan fingerprint density at radius 3 is 2.76 bits per heavy atom. The lowest BCUT2D eigenvalue weighted by Crippen LogP contribution is -2.39. The van der Waals surface area contributed by atoms with E-state index in [1.54, 1.807) is 0 Å². The first-order valence-corrected chi connectivity index (χ1v) is 6.95. The van der Waals surface area contributed by atoms with Crippen molar-refractivity contribution in [2.45, 2.75) is 31.4 Å². The summed E-state index contributed by atoms with van der Waals surface area (Å²) >= 11 is 0. The van der Waals surface area contributed by atoms with Gasteiger partial charge >= 0.3 is 0 Å². The van der Waals surface area contributed by atoms with Crippen LogP contribution in [0.2, 0.25) is 0 Å². The molecule has 0 aromatic carbocycles. The maximum absolute atomic E-state index is 5.37. The van der Waals surface area contributed by atoms with Gasteiger partial charge in [-0.1, -0.05) is 0 Å². The van der Waals surface area contributed by atoms with Gasteiger partial charge in [0.2, 0.25) is 0 Å². The molecule has 4 nitrogen and oxygen atoms in total. The summed E-state index contributed by atoms with van der Waals surface area (Å²) in [4.78, 5) is 5.03. The number of likely N-dealkylation sites (tertiary alicyclic amines) is 1. The largest absolute Gasteiger partial charge is 0.380 e. The van der Waals surface area contributed by atoms with Crippen LogP contribution in [0.1, 0.15) is 19.3 Å². The Morgan fingerprint density at radius 2 is 2.12 bits per heavy atom. The second-order valence-corrected chi connectivity index (χ2v) is 5.51. The molecule has 0 radical (unpaired) electrons. The van der Waals surface area contributed by atoms with Crippen molar-refractivity contribution in [1.29, 1.82) is 0 Å². The number of hydrogen-bond donors (Lipinski definition) is 1. The third kappa shape index (κ3) is 4.21. The number of rotatable bonds is 6. The summed E-state index contributed by atoms with van der Waals surface area (Å²) in [5.41, 5.74) is 0. The van der Waals surface area contributed by atoms with Crippen LogP contribution < -0.4 is 5.32 Å². The van der Waals surface area contributed by atoms with Gasteiger partial charge < -0.3 is 19.9 Å². The molecule has 17 heavy (non-hydrogen) atoms. The minimum atomic E-state index is 0.423. The van der Waals surface area contributed by atoms with E-state index >= 15 is 0 Å². The molecule has 2 saturated heterocycles. The average molecular weight is 241 g/mol. The molecule has 0 aliphatic carbocycles. The lowest BCUT2D eigenvalue weighted by Gasteiger charge is -2.24. The van der Waals surface area contributed by atoms with Crippen LogP contribution >= 0.6 is 0 Å². The number of methoxy groups -OCH3 is 1. The number of ether oxygens (including phenoxy) is 1. The van der Waals surface area contributed by atoms with Crippen molar-refractivity contribution in [1.82, 2.24) is 15.1 Å². The molecule has 2 rings (SSSR count). The summed E-state index contributed by atoms with van der Waals surface area (Å²) < 4.78 is 5.37. The maximum atomic E-state index is 5.37. The number of nitrogens with one attached hydrogen (secondary N) is 1. The zero-order valence-electron chi connectivity index (χ0n) is 11.3. The molecule has 0 bridgehead atoms. The van der Waals surface area contributed by atoms with E-state index in [0.717, 1.165) is 19.5 Å². The van der Waals surface area contributed by atoms with E-state index in [1.807, 2.05) is 7.11 Å². The summed E-state index contributed by atoms with van der Waals surface area (Å²) in [6.07, 6.45) is 4.36. The predicted octanol–water partition coefficient (Wildman–Crippen LogP) is 0.391. The molecular formula is C13H27N3O. The molecule has 100 valence electrons. The summed E-state index contributed by atoms with van der Waals surface area (Å²) in [6, 6.07) is 0.614. The first kappa shape index (κ1) is 13.3. The standard InChI is InChI=1S/C13H27N3O/c1-15(7-8-16-5-3-4-6-16)11-12-9-13(17-2)10-14-12/h12-14H,3-11H2,1-2H3. The number of likely N-dealkylation sites (N-methyl/N-ethyl adjacent to an activating group) is 1.